The van der Waals surface area contributed by atoms with Crippen LogP contribution in [-0.2, 0) is 6.54 Å². The standard InChI is InChI=1S/C16H12F3N5/c17-11-1-2-12(15(19)14(11)18)23-16-21-8-5-13(24-16)22-9-10-3-6-20-7-4-10/h1-8H,9H2,(H2,21,22,23,24). The molecule has 0 fully saturated rings. The van der Waals surface area contributed by atoms with Crippen molar-refractivity contribution < 1.29 is 13.2 Å². The number of aromatic nitrogens is 3. The third-order valence-corrected chi connectivity index (χ3v) is 3.16. The van der Waals surface area contributed by atoms with Crippen molar-refractivity contribution in [3.63, 3.8) is 0 Å². The smallest absolute Gasteiger partial charge is 0.229 e. The van der Waals surface area contributed by atoms with E-state index in [0.717, 1.165) is 17.7 Å². The molecule has 0 aliphatic carbocycles. The van der Waals surface area contributed by atoms with Gasteiger partial charge in [0.2, 0.25) is 5.95 Å². The van der Waals surface area contributed by atoms with Gasteiger partial charge in [-0.2, -0.15) is 4.98 Å². The highest BCUT2D eigenvalue weighted by atomic mass is 19.2. The zero-order chi connectivity index (χ0) is 16.9. The molecule has 0 radical (unpaired) electrons. The van der Waals surface area contributed by atoms with Crippen molar-refractivity contribution in [3.8, 4) is 0 Å². The summed E-state index contributed by atoms with van der Waals surface area (Å²) in [6, 6.07) is 7.24. The first-order valence-electron chi connectivity index (χ1n) is 7.00. The average molecular weight is 331 g/mol. The molecule has 0 atom stereocenters. The first-order chi connectivity index (χ1) is 11.6. The second-order valence-corrected chi connectivity index (χ2v) is 4.82. The second kappa shape index (κ2) is 6.95. The van der Waals surface area contributed by atoms with Crippen LogP contribution in [-0.4, -0.2) is 15.0 Å². The first kappa shape index (κ1) is 15.7. The van der Waals surface area contributed by atoms with E-state index in [9.17, 15) is 13.2 Å². The molecule has 5 nitrogen and oxygen atoms in total. The van der Waals surface area contributed by atoms with Crippen LogP contribution in [0.1, 0.15) is 5.56 Å². The Labute approximate surface area is 135 Å². The van der Waals surface area contributed by atoms with E-state index in [2.05, 4.69) is 25.6 Å². The van der Waals surface area contributed by atoms with Gasteiger partial charge in [-0.3, -0.25) is 4.98 Å². The van der Waals surface area contributed by atoms with Gasteiger partial charge in [0, 0.05) is 25.1 Å². The van der Waals surface area contributed by atoms with Crippen molar-refractivity contribution in [3.05, 3.63) is 71.9 Å². The van der Waals surface area contributed by atoms with Gasteiger partial charge in [-0.1, -0.05) is 0 Å². The van der Waals surface area contributed by atoms with Crippen LogP contribution < -0.4 is 10.6 Å². The van der Waals surface area contributed by atoms with Crippen LogP contribution >= 0.6 is 0 Å². The number of pyridine rings is 1. The van der Waals surface area contributed by atoms with Gasteiger partial charge in [0.15, 0.2) is 17.5 Å². The van der Waals surface area contributed by atoms with Crippen molar-refractivity contribution in [2.24, 2.45) is 0 Å². The molecule has 122 valence electrons. The highest BCUT2D eigenvalue weighted by Crippen LogP contribution is 2.22. The molecular formula is C16H12F3N5. The van der Waals surface area contributed by atoms with E-state index in [4.69, 9.17) is 0 Å². The van der Waals surface area contributed by atoms with Gasteiger partial charge in [-0.15, -0.1) is 0 Å². The Morgan fingerprint density at radius 3 is 2.46 bits per heavy atom. The summed E-state index contributed by atoms with van der Waals surface area (Å²) in [6.45, 7) is 0.512. The molecule has 0 unspecified atom stereocenters. The molecule has 1 aromatic carbocycles. The van der Waals surface area contributed by atoms with E-state index >= 15 is 0 Å². The molecule has 0 amide bonds. The maximum atomic E-state index is 13.7. The first-order valence-corrected chi connectivity index (χ1v) is 7.00. The molecule has 0 saturated carbocycles. The number of halogens is 3. The quantitative estimate of drug-likeness (QED) is 0.699. The summed E-state index contributed by atoms with van der Waals surface area (Å²) in [6.07, 6.45) is 4.81. The van der Waals surface area contributed by atoms with Crippen LogP contribution in [0, 0.1) is 17.5 Å². The Morgan fingerprint density at radius 2 is 1.67 bits per heavy atom. The maximum Gasteiger partial charge on any atom is 0.229 e. The van der Waals surface area contributed by atoms with Gasteiger partial charge in [0.25, 0.3) is 0 Å². The van der Waals surface area contributed by atoms with E-state index in [1.807, 2.05) is 12.1 Å². The Balaban J connectivity index is 1.73. The van der Waals surface area contributed by atoms with E-state index in [1.54, 1.807) is 18.5 Å². The summed E-state index contributed by atoms with van der Waals surface area (Å²) in [5.74, 6) is -3.58. The second-order valence-electron chi connectivity index (χ2n) is 4.82. The third-order valence-electron chi connectivity index (χ3n) is 3.16. The molecular weight excluding hydrogens is 319 g/mol. The van der Waals surface area contributed by atoms with Crippen LogP contribution in [0.15, 0.2) is 48.9 Å². The van der Waals surface area contributed by atoms with E-state index in [-0.39, 0.29) is 11.6 Å². The molecule has 2 N–H and O–H groups in total. The lowest BCUT2D eigenvalue weighted by atomic mass is 10.3. The SMILES string of the molecule is Fc1ccc(Nc2nccc(NCc3ccncc3)n2)c(F)c1F. The lowest BCUT2D eigenvalue weighted by Crippen LogP contribution is -2.05. The average Bonchev–Trinajstić information content (AvgIpc) is 2.62. The van der Waals surface area contributed by atoms with E-state index < -0.39 is 17.5 Å². The monoisotopic (exact) mass is 331 g/mol. The molecule has 0 bridgehead atoms. The molecule has 0 aliphatic rings. The topological polar surface area (TPSA) is 62.7 Å². The Hall–Kier alpha value is -3.16. The Bertz CT molecular complexity index is 842. The summed E-state index contributed by atoms with van der Waals surface area (Å²) in [7, 11) is 0. The van der Waals surface area contributed by atoms with Gasteiger partial charge in [0.05, 0.1) is 5.69 Å². The highest BCUT2D eigenvalue weighted by Gasteiger charge is 2.14. The van der Waals surface area contributed by atoms with Crippen molar-refractivity contribution in [2.45, 2.75) is 6.54 Å². The number of nitrogens with zero attached hydrogens (tertiary/aromatic N) is 3. The minimum absolute atomic E-state index is 0.0552. The normalized spacial score (nSPS) is 10.5. The van der Waals surface area contributed by atoms with Crippen molar-refractivity contribution in [1.29, 1.82) is 0 Å². The summed E-state index contributed by atoms with van der Waals surface area (Å²) in [5.41, 5.74) is 0.755. The fraction of sp³-hybridized carbons (Fsp3) is 0.0625. The maximum absolute atomic E-state index is 13.7. The summed E-state index contributed by atoms with van der Waals surface area (Å²) >= 11 is 0. The number of benzene rings is 1. The van der Waals surface area contributed by atoms with Crippen LogP contribution in [0.4, 0.5) is 30.6 Å². The third kappa shape index (κ3) is 3.60. The Morgan fingerprint density at radius 1 is 0.875 bits per heavy atom. The molecule has 2 heterocycles. The number of hydrogen-bond acceptors (Lipinski definition) is 5. The Kier molecular flexibility index (Phi) is 4.55. The predicted octanol–water partition coefficient (Wildman–Crippen LogP) is 3.64. The predicted molar refractivity (Wildman–Crippen MR) is 83.2 cm³/mol. The molecule has 3 rings (SSSR count). The van der Waals surface area contributed by atoms with Crippen LogP contribution in [0.5, 0.6) is 0 Å². The molecule has 0 saturated heterocycles. The van der Waals surface area contributed by atoms with Crippen molar-refractivity contribution in [2.75, 3.05) is 10.6 Å². The van der Waals surface area contributed by atoms with E-state index in [1.165, 1.54) is 6.20 Å². The van der Waals surface area contributed by atoms with Gasteiger partial charge in [-0.25, -0.2) is 18.2 Å². The lowest BCUT2D eigenvalue weighted by molar-refractivity contribution is 0.449. The van der Waals surface area contributed by atoms with Crippen molar-refractivity contribution >= 4 is 17.5 Å². The van der Waals surface area contributed by atoms with Crippen LogP contribution in [0.25, 0.3) is 0 Å². The number of rotatable bonds is 5. The summed E-state index contributed by atoms with van der Waals surface area (Å²) in [5, 5.41) is 5.60. The number of hydrogen-bond donors (Lipinski definition) is 2. The molecule has 8 heteroatoms. The zero-order valence-electron chi connectivity index (χ0n) is 12.3. The molecule has 24 heavy (non-hydrogen) atoms. The van der Waals surface area contributed by atoms with Crippen LogP contribution in [0.3, 0.4) is 0 Å². The van der Waals surface area contributed by atoms with E-state index in [0.29, 0.717) is 12.4 Å². The molecule has 0 spiro atoms. The van der Waals surface area contributed by atoms with Gasteiger partial charge in [-0.05, 0) is 35.9 Å². The number of nitrogens with one attached hydrogen (secondary N) is 2. The molecule has 3 aromatic rings. The van der Waals surface area contributed by atoms with Gasteiger partial charge >= 0.3 is 0 Å². The fourth-order valence-corrected chi connectivity index (χ4v) is 1.95. The minimum atomic E-state index is -1.55. The lowest BCUT2D eigenvalue weighted by Gasteiger charge is -2.09. The van der Waals surface area contributed by atoms with Crippen molar-refractivity contribution in [1.82, 2.24) is 15.0 Å². The van der Waals surface area contributed by atoms with Gasteiger partial charge < -0.3 is 10.6 Å². The number of anilines is 3. The summed E-state index contributed by atoms with van der Waals surface area (Å²) in [4.78, 5) is 12.0. The highest BCUT2D eigenvalue weighted by molar-refractivity contribution is 5.55. The molecule has 2 aromatic heterocycles. The largest absolute Gasteiger partial charge is 0.366 e. The molecule has 0 aliphatic heterocycles. The summed E-state index contributed by atoms with van der Waals surface area (Å²) < 4.78 is 39.8. The van der Waals surface area contributed by atoms with Gasteiger partial charge in [0.1, 0.15) is 5.82 Å². The van der Waals surface area contributed by atoms with Crippen LogP contribution in [0.2, 0.25) is 0 Å². The fourth-order valence-electron chi connectivity index (χ4n) is 1.95. The zero-order valence-corrected chi connectivity index (χ0v) is 12.3. The minimum Gasteiger partial charge on any atom is -0.366 e.